The van der Waals surface area contributed by atoms with Crippen molar-refractivity contribution in [3.8, 4) is 11.1 Å². The van der Waals surface area contributed by atoms with Crippen LogP contribution in [0.4, 0.5) is 16.2 Å². The molecule has 0 atom stereocenters. The minimum atomic E-state index is -0.528. The van der Waals surface area contributed by atoms with Crippen LogP contribution in [0.25, 0.3) is 11.1 Å². The zero-order valence-corrected chi connectivity index (χ0v) is 21.5. The second-order valence-corrected chi connectivity index (χ2v) is 9.42. The molecule has 3 N–H and O–H groups in total. The van der Waals surface area contributed by atoms with Crippen LogP contribution < -0.4 is 16.0 Å². The predicted octanol–water partition coefficient (Wildman–Crippen LogP) is 5.44. The van der Waals surface area contributed by atoms with Crippen molar-refractivity contribution in [1.29, 1.82) is 0 Å². The van der Waals surface area contributed by atoms with Gasteiger partial charge in [-0.2, -0.15) is 0 Å². The summed E-state index contributed by atoms with van der Waals surface area (Å²) < 4.78 is 5.47. The van der Waals surface area contributed by atoms with Gasteiger partial charge in [-0.3, -0.25) is 14.6 Å². The molecule has 4 rings (SSSR count). The molecule has 188 valence electrons. The first kappa shape index (κ1) is 26.0. The Morgan fingerprint density at radius 2 is 1.58 bits per heavy atom. The molecule has 1 heterocycles. The normalized spacial score (nSPS) is 13.9. The van der Waals surface area contributed by atoms with E-state index in [1.54, 1.807) is 53.4 Å². The highest BCUT2D eigenvalue weighted by atomic mass is 35.5. The first-order chi connectivity index (χ1) is 17.3. The molecule has 36 heavy (non-hydrogen) atoms. The van der Waals surface area contributed by atoms with Crippen LogP contribution in [0.5, 0.6) is 0 Å². The Bertz CT molecular complexity index is 1230. The summed E-state index contributed by atoms with van der Waals surface area (Å²) in [5.41, 5.74) is 9.61. The lowest BCUT2D eigenvalue weighted by Crippen LogP contribution is -2.44. The van der Waals surface area contributed by atoms with Crippen molar-refractivity contribution in [2.24, 2.45) is 5.73 Å². The number of primary amides is 1. The van der Waals surface area contributed by atoms with Crippen molar-refractivity contribution in [3.05, 3.63) is 81.8 Å². The van der Waals surface area contributed by atoms with Crippen LogP contribution in [-0.2, 0) is 4.74 Å². The molecule has 7 nitrogen and oxygen atoms in total. The maximum Gasteiger partial charge on any atom is 0.326 e. The Hall–Kier alpha value is -3.10. The minimum Gasteiger partial charge on any atom is -0.379 e. The molecule has 0 spiro atoms. The number of nitrogens with two attached hydrogens (primary N) is 1. The molecule has 0 bridgehead atoms. The Kier molecular flexibility index (Phi) is 8.48. The average molecular weight is 527 g/mol. The van der Waals surface area contributed by atoms with Crippen molar-refractivity contribution in [1.82, 2.24) is 4.90 Å². The third kappa shape index (κ3) is 6.17. The molecular weight excluding hydrogens is 499 g/mol. The number of carbonyl (C=O) groups is 2. The minimum absolute atomic E-state index is 0.299. The van der Waals surface area contributed by atoms with Crippen molar-refractivity contribution < 1.29 is 14.3 Å². The highest BCUT2D eigenvalue weighted by Crippen LogP contribution is 2.37. The van der Waals surface area contributed by atoms with Crippen LogP contribution in [0.15, 0.2) is 60.7 Å². The number of nitrogens with one attached hydrogen (secondary N) is 1. The number of morpholine rings is 1. The molecule has 0 aromatic heterocycles. The lowest BCUT2D eigenvalue weighted by atomic mass is 9.93. The number of urea groups is 1. The number of anilines is 2. The van der Waals surface area contributed by atoms with Crippen LogP contribution in [0.1, 0.15) is 15.9 Å². The van der Waals surface area contributed by atoms with Gasteiger partial charge in [-0.1, -0.05) is 35.3 Å². The molecule has 1 aliphatic rings. The molecule has 1 fully saturated rings. The molecule has 3 aromatic carbocycles. The molecule has 0 unspecified atom stereocenters. The SMILES string of the molecule is Cc1c(C(N)=O)ccc(N(CCN2CCOCC2)C(=O)Nc2ccc(Cl)cc2)c1-c1ccc(Cl)cc1. The Morgan fingerprint density at radius 3 is 2.19 bits per heavy atom. The van der Waals surface area contributed by atoms with Crippen LogP contribution in [-0.4, -0.2) is 56.2 Å². The zero-order chi connectivity index (χ0) is 25.7. The van der Waals surface area contributed by atoms with E-state index in [1.165, 1.54) is 0 Å². The smallest absolute Gasteiger partial charge is 0.326 e. The maximum atomic E-state index is 13.7. The number of amides is 3. The largest absolute Gasteiger partial charge is 0.379 e. The third-order valence-electron chi connectivity index (χ3n) is 6.22. The first-order valence-corrected chi connectivity index (χ1v) is 12.4. The van der Waals surface area contributed by atoms with Gasteiger partial charge in [-0.05, 0) is 66.6 Å². The summed E-state index contributed by atoms with van der Waals surface area (Å²) in [5.74, 6) is -0.528. The summed E-state index contributed by atoms with van der Waals surface area (Å²) >= 11 is 12.2. The molecule has 1 aliphatic heterocycles. The standard InChI is InChI=1S/C27H28Cl2N4O3/c1-18-23(26(30)34)10-11-24(25(18)19-2-4-20(28)5-3-19)33(13-12-32-14-16-36-17-15-32)27(35)31-22-8-6-21(29)7-9-22/h2-11H,12-17H2,1H3,(H2,30,34)(H,31,35). The van der Waals surface area contributed by atoms with Gasteiger partial charge in [-0.25, -0.2) is 4.79 Å². The molecular formula is C27H28Cl2N4O3. The number of hydrogen-bond donors (Lipinski definition) is 2. The molecule has 0 saturated carbocycles. The van der Waals surface area contributed by atoms with Gasteiger partial charge in [0.15, 0.2) is 0 Å². The van der Waals surface area contributed by atoms with E-state index < -0.39 is 5.91 Å². The Balaban J connectivity index is 1.76. The van der Waals surface area contributed by atoms with E-state index >= 15 is 0 Å². The number of benzene rings is 3. The highest BCUT2D eigenvalue weighted by Gasteiger charge is 2.24. The molecule has 3 aromatic rings. The van der Waals surface area contributed by atoms with Crippen LogP contribution in [0, 0.1) is 6.92 Å². The second kappa shape index (κ2) is 11.8. The van der Waals surface area contributed by atoms with Crippen molar-refractivity contribution in [3.63, 3.8) is 0 Å². The number of halogens is 2. The Labute approximate surface area is 220 Å². The third-order valence-corrected chi connectivity index (χ3v) is 6.72. The number of rotatable bonds is 7. The lowest BCUT2D eigenvalue weighted by Gasteiger charge is -2.31. The van der Waals surface area contributed by atoms with E-state index in [9.17, 15) is 9.59 Å². The van der Waals surface area contributed by atoms with Crippen molar-refractivity contribution in [2.45, 2.75) is 6.92 Å². The molecule has 0 radical (unpaired) electrons. The van der Waals surface area contributed by atoms with Crippen molar-refractivity contribution in [2.75, 3.05) is 49.6 Å². The van der Waals surface area contributed by atoms with Crippen LogP contribution in [0.3, 0.4) is 0 Å². The van der Waals surface area contributed by atoms with Gasteiger partial charge in [0.2, 0.25) is 5.91 Å². The van der Waals surface area contributed by atoms with Gasteiger partial charge in [0.1, 0.15) is 0 Å². The van der Waals surface area contributed by atoms with Gasteiger partial charge >= 0.3 is 6.03 Å². The van der Waals surface area contributed by atoms with E-state index in [-0.39, 0.29) is 6.03 Å². The molecule has 3 amide bonds. The Morgan fingerprint density at radius 1 is 0.972 bits per heavy atom. The van der Waals surface area contributed by atoms with Gasteiger partial charge in [0.05, 0.1) is 18.9 Å². The number of ether oxygens (including phenoxy) is 1. The molecule has 1 saturated heterocycles. The zero-order valence-electron chi connectivity index (χ0n) is 20.0. The fourth-order valence-electron chi connectivity index (χ4n) is 4.29. The highest BCUT2D eigenvalue weighted by molar-refractivity contribution is 6.31. The van der Waals surface area contributed by atoms with Gasteiger partial charge in [0.25, 0.3) is 0 Å². The fourth-order valence-corrected chi connectivity index (χ4v) is 4.54. The van der Waals surface area contributed by atoms with E-state index in [4.69, 9.17) is 33.7 Å². The topological polar surface area (TPSA) is 87.9 Å². The number of nitrogens with zero attached hydrogens (tertiary/aromatic N) is 2. The van der Waals surface area contributed by atoms with E-state index in [0.717, 1.165) is 24.2 Å². The van der Waals surface area contributed by atoms with Gasteiger partial charge in [0, 0.05) is 53.0 Å². The molecule has 0 aliphatic carbocycles. The van der Waals surface area contributed by atoms with Crippen LogP contribution >= 0.6 is 23.2 Å². The fraction of sp³-hybridized carbons (Fsp3) is 0.259. The maximum absolute atomic E-state index is 13.7. The summed E-state index contributed by atoms with van der Waals surface area (Å²) in [6.45, 7) is 5.86. The monoisotopic (exact) mass is 526 g/mol. The number of hydrogen-bond acceptors (Lipinski definition) is 4. The summed E-state index contributed by atoms with van der Waals surface area (Å²) in [6, 6.07) is 17.4. The molecule has 9 heteroatoms. The predicted molar refractivity (Wildman–Crippen MR) is 145 cm³/mol. The quantitative estimate of drug-likeness (QED) is 0.429. The lowest BCUT2D eigenvalue weighted by molar-refractivity contribution is 0.0393. The van der Waals surface area contributed by atoms with Crippen molar-refractivity contribution >= 4 is 46.5 Å². The summed E-state index contributed by atoms with van der Waals surface area (Å²) in [5, 5.41) is 4.15. The number of carbonyl (C=O) groups excluding carboxylic acids is 2. The summed E-state index contributed by atoms with van der Waals surface area (Å²) in [4.78, 5) is 29.8. The van der Waals surface area contributed by atoms with E-state index in [2.05, 4.69) is 10.2 Å². The average Bonchev–Trinajstić information content (AvgIpc) is 2.87. The summed E-state index contributed by atoms with van der Waals surface area (Å²) in [6.07, 6.45) is 0. The summed E-state index contributed by atoms with van der Waals surface area (Å²) in [7, 11) is 0. The van der Waals surface area contributed by atoms with E-state index in [0.29, 0.717) is 58.9 Å². The van der Waals surface area contributed by atoms with Gasteiger partial charge < -0.3 is 15.8 Å². The van der Waals surface area contributed by atoms with Crippen LogP contribution in [0.2, 0.25) is 10.0 Å². The first-order valence-electron chi connectivity index (χ1n) is 11.7. The van der Waals surface area contributed by atoms with E-state index in [1.807, 2.05) is 19.1 Å². The second-order valence-electron chi connectivity index (χ2n) is 8.55. The van der Waals surface area contributed by atoms with Gasteiger partial charge in [-0.15, -0.1) is 0 Å².